The number of nitrogens with one attached hydrogen (secondary N) is 2. The number of benzene rings is 4. The van der Waals surface area contributed by atoms with Crippen LogP contribution < -0.4 is 26.0 Å². The lowest BCUT2D eigenvalue weighted by atomic mass is 9.95. The number of carboxylic acid groups (broad SMARTS) is 1. The van der Waals surface area contributed by atoms with Crippen molar-refractivity contribution in [1.29, 1.82) is 0 Å². The van der Waals surface area contributed by atoms with Crippen molar-refractivity contribution in [2.45, 2.75) is 31.9 Å². The maximum atomic E-state index is 10.5. The van der Waals surface area contributed by atoms with E-state index in [0.29, 0.717) is 0 Å². The number of fused-ring (bicyclic) bond motifs is 4. The first-order valence-electron chi connectivity index (χ1n) is 13.9. The molecular weight excluding hydrogens is 569 g/mol. The molecular formula is C35H27F3N2O2S. The van der Waals surface area contributed by atoms with E-state index in [1.165, 1.54) is 65.9 Å². The molecule has 2 aliphatic heterocycles. The van der Waals surface area contributed by atoms with Crippen molar-refractivity contribution >= 4 is 39.9 Å². The van der Waals surface area contributed by atoms with Crippen molar-refractivity contribution < 1.29 is 28.1 Å². The van der Waals surface area contributed by atoms with Crippen molar-refractivity contribution in [2.24, 2.45) is 0 Å². The van der Waals surface area contributed by atoms with Gasteiger partial charge in [0.2, 0.25) is 11.0 Å². The molecule has 2 aliphatic rings. The SMILES string of the molecule is O=C([O-])C(F)(F)F.c1csc(/C(c2ccc3c(c2)CCc2ccccc2N3)=c2/ccc3c(c2)CCc2ccccc2[NH+]=3)c1. The Hall–Kier alpha value is -4.69. The second-order valence-electron chi connectivity index (χ2n) is 10.4. The molecule has 1 aromatic heterocycles. The van der Waals surface area contributed by atoms with Gasteiger partial charge in [0, 0.05) is 45.1 Å². The van der Waals surface area contributed by atoms with Crippen LogP contribution in [0.25, 0.3) is 5.57 Å². The monoisotopic (exact) mass is 596 g/mol. The lowest BCUT2D eigenvalue weighted by Gasteiger charge is -2.13. The number of aliphatic carboxylic acids is 1. The van der Waals surface area contributed by atoms with E-state index < -0.39 is 12.1 Å². The van der Waals surface area contributed by atoms with Crippen LogP contribution in [0.5, 0.6) is 0 Å². The van der Waals surface area contributed by atoms with Gasteiger partial charge in [-0.3, -0.25) is 0 Å². The highest BCUT2D eigenvalue weighted by Crippen LogP contribution is 2.33. The summed E-state index contributed by atoms with van der Waals surface area (Å²) in [5.41, 5.74) is 11.8. The first-order valence-corrected chi connectivity index (χ1v) is 14.8. The molecule has 43 heavy (non-hydrogen) atoms. The van der Waals surface area contributed by atoms with Gasteiger partial charge in [-0.2, -0.15) is 13.2 Å². The van der Waals surface area contributed by atoms with Crippen LogP contribution in [0.15, 0.2) is 102 Å². The fraction of sp³-hybridized carbons (Fsp3) is 0.143. The molecule has 0 aliphatic carbocycles. The average Bonchev–Trinajstić information content (AvgIpc) is 3.36. The molecule has 0 amide bonds. The second-order valence-corrected chi connectivity index (χ2v) is 11.4. The number of hydrogen-bond donors (Lipinski definition) is 2. The molecule has 0 saturated heterocycles. The van der Waals surface area contributed by atoms with Gasteiger partial charge in [0.25, 0.3) is 0 Å². The molecule has 0 unspecified atom stereocenters. The van der Waals surface area contributed by atoms with Crippen molar-refractivity contribution in [3.05, 3.63) is 146 Å². The van der Waals surface area contributed by atoms with Gasteiger partial charge in [0.15, 0.2) is 0 Å². The molecule has 5 aromatic rings. The van der Waals surface area contributed by atoms with Crippen LogP contribution in [0.2, 0.25) is 0 Å². The van der Waals surface area contributed by atoms with Gasteiger partial charge in [-0.15, -0.1) is 11.3 Å². The minimum atomic E-state index is -5.19. The Morgan fingerprint density at radius 2 is 1.42 bits per heavy atom. The topological polar surface area (TPSA) is 66.1 Å². The predicted molar refractivity (Wildman–Crippen MR) is 160 cm³/mol. The number of halogens is 3. The number of hydrogen-bond acceptors (Lipinski definition) is 4. The number of thiophene rings is 1. The Morgan fingerprint density at radius 3 is 2.19 bits per heavy atom. The van der Waals surface area contributed by atoms with Gasteiger partial charge in [-0.25, -0.2) is 4.99 Å². The third-order valence-corrected chi connectivity index (χ3v) is 8.57. The van der Waals surface area contributed by atoms with Crippen LogP contribution in [0, 0.1) is 0 Å². The van der Waals surface area contributed by atoms with Crippen LogP contribution in [0.3, 0.4) is 0 Å². The normalized spacial score (nSPS) is 14.0. The Bertz CT molecular complexity index is 1930. The molecule has 4 aromatic carbocycles. The standard InChI is InChI=1S/C33H26N2S.C2HF3O2/c1-3-8-28-22(6-1)11-13-24-20-26(15-17-30(24)34-28)33(32-10-5-19-36-32)27-16-18-31-25(21-27)14-12-23-7-2-4-9-29(23)35-31;3-2(4,5)1(6)7/h1-10,15-21,34H,11-14H2;(H,6,7)/b33-27-;. The first-order chi connectivity index (χ1) is 20.8. The van der Waals surface area contributed by atoms with E-state index in [4.69, 9.17) is 9.90 Å². The summed E-state index contributed by atoms with van der Waals surface area (Å²) in [6.07, 6.45) is -1.01. The summed E-state index contributed by atoms with van der Waals surface area (Å²) < 4.78 is 31.5. The van der Waals surface area contributed by atoms with Crippen LogP contribution in [0.4, 0.5) is 30.2 Å². The Morgan fingerprint density at radius 1 is 0.744 bits per heavy atom. The van der Waals surface area contributed by atoms with Gasteiger partial charge in [-0.05, 0) is 89.4 Å². The van der Waals surface area contributed by atoms with E-state index in [0.717, 1.165) is 25.7 Å². The number of anilines is 2. The van der Waals surface area contributed by atoms with Gasteiger partial charge in [0.1, 0.15) is 5.97 Å². The smallest absolute Gasteiger partial charge is 0.430 e. The Labute approximate surface area is 250 Å². The number of carbonyl (C=O) groups is 1. The van der Waals surface area contributed by atoms with E-state index in [9.17, 15) is 13.2 Å². The Kier molecular flexibility index (Phi) is 7.86. The summed E-state index contributed by atoms with van der Waals surface area (Å²) in [6.45, 7) is 0. The largest absolute Gasteiger partial charge is 0.542 e. The molecule has 216 valence electrons. The van der Waals surface area contributed by atoms with Crippen molar-refractivity contribution in [1.82, 2.24) is 0 Å². The van der Waals surface area contributed by atoms with E-state index >= 15 is 0 Å². The average molecular weight is 597 g/mol. The highest BCUT2D eigenvalue weighted by Gasteiger charge is 2.28. The Balaban J connectivity index is 0.000000423. The minimum Gasteiger partial charge on any atom is -0.542 e. The van der Waals surface area contributed by atoms with E-state index in [-0.39, 0.29) is 0 Å². The molecule has 0 fully saturated rings. The number of rotatable bonds is 2. The highest BCUT2D eigenvalue weighted by molar-refractivity contribution is 7.11. The maximum absolute atomic E-state index is 10.5. The number of alkyl halides is 3. The first kappa shape index (κ1) is 28.4. The maximum Gasteiger partial charge on any atom is 0.430 e. The third kappa shape index (κ3) is 6.24. The summed E-state index contributed by atoms with van der Waals surface area (Å²) in [4.78, 5) is 13.8. The van der Waals surface area contributed by atoms with Gasteiger partial charge < -0.3 is 15.2 Å². The van der Waals surface area contributed by atoms with Crippen LogP contribution in [0.1, 0.15) is 32.7 Å². The molecule has 8 heteroatoms. The quantitative estimate of drug-likeness (QED) is 0.320. The van der Waals surface area contributed by atoms with Crippen LogP contribution in [-0.4, -0.2) is 12.1 Å². The number of aryl methyl sites for hydroxylation is 4. The zero-order chi connectivity index (χ0) is 30.0. The summed E-state index contributed by atoms with van der Waals surface area (Å²) >= 11 is 1.82. The molecule has 2 N–H and O–H groups in total. The summed E-state index contributed by atoms with van der Waals surface area (Å²) in [6, 6.07) is 35.7. The number of carbonyl (C=O) groups excluding carboxylic acids is 1. The zero-order valence-electron chi connectivity index (χ0n) is 23.0. The third-order valence-electron chi connectivity index (χ3n) is 7.69. The summed E-state index contributed by atoms with van der Waals surface area (Å²) in [5.74, 6) is -3.01. The molecule has 3 heterocycles. The molecule has 0 spiro atoms. The van der Waals surface area contributed by atoms with E-state index in [1.807, 2.05) is 11.3 Å². The fourth-order valence-electron chi connectivity index (χ4n) is 5.58. The van der Waals surface area contributed by atoms with Gasteiger partial charge in [0.05, 0.1) is 0 Å². The summed E-state index contributed by atoms with van der Waals surface area (Å²) in [5, 5.41) is 17.2. The van der Waals surface area contributed by atoms with Crippen LogP contribution in [-0.2, 0) is 30.5 Å². The number of carboxylic acids is 1. The van der Waals surface area contributed by atoms with E-state index in [2.05, 4.69) is 113 Å². The van der Waals surface area contributed by atoms with Crippen molar-refractivity contribution in [2.75, 3.05) is 5.32 Å². The summed E-state index contributed by atoms with van der Waals surface area (Å²) in [7, 11) is 0. The molecule has 4 nitrogen and oxygen atoms in total. The minimum absolute atomic E-state index is 1.04. The fourth-order valence-corrected chi connectivity index (χ4v) is 6.39. The lowest BCUT2D eigenvalue weighted by molar-refractivity contribution is -0.403. The zero-order valence-corrected chi connectivity index (χ0v) is 23.8. The molecule has 0 bridgehead atoms. The predicted octanol–water partition coefficient (Wildman–Crippen LogP) is 4.27. The molecule has 0 saturated carbocycles. The second kappa shape index (κ2) is 11.9. The molecule has 7 rings (SSSR count). The van der Waals surface area contributed by atoms with Crippen LogP contribution >= 0.6 is 11.3 Å². The molecule has 0 radical (unpaired) electrons. The van der Waals surface area contributed by atoms with Crippen molar-refractivity contribution in [3.63, 3.8) is 0 Å². The highest BCUT2D eigenvalue weighted by atomic mass is 32.1. The van der Waals surface area contributed by atoms with Gasteiger partial charge >= 0.3 is 6.18 Å². The van der Waals surface area contributed by atoms with Gasteiger partial charge in [-0.1, -0.05) is 48.5 Å². The van der Waals surface area contributed by atoms with E-state index in [1.54, 1.807) is 0 Å². The molecule has 0 atom stereocenters. The lowest BCUT2D eigenvalue weighted by Crippen LogP contribution is -2.71. The number of para-hydroxylation sites is 2. The van der Waals surface area contributed by atoms with Crippen molar-refractivity contribution in [3.8, 4) is 0 Å².